The summed E-state index contributed by atoms with van der Waals surface area (Å²) in [6.45, 7) is 0. The topological polar surface area (TPSA) is 29.4 Å². The Morgan fingerprint density at radius 1 is 1.46 bits per heavy atom. The lowest BCUT2D eigenvalue weighted by Gasteiger charge is -2.02. The van der Waals surface area contributed by atoms with Gasteiger partial charge in [0.15, 0.2) is 5.82 Å². The Kier molecular flexibility index (Phi) is 3.62. The van der Waals surface area contributed by atoms with Crippen LogP contribution in [-0.2, 0) is 4.79 Å². The first kappa shape index (κ1) is 10.9. The molecule has 0 unspecified atom stereocenters. The second kappa shape index (κ2) is 4.33. The van der Waals surface area contributed by atoms with Gasteiger partial charge in [0.2, 0.25) is 6.08 Å². The maximum Gasteiger partial charge on any atom is 0.240 e. The van der Waals surface area contributed by atoms with Crippen LogP contribution in [-0.4, -0.2) is 6.08 Å². The van der Waals surface area contributed by atoms with E-state index in [-0.39, 0.29) is 15.2 Å². The predicted octanol–water partition coefficient (Wildman–Crippen LogP) is 3.97. The van der Waals surface area contributed by atoms with Crippen molar-refractivity contribution in [3.8, 4) is 0 Å². The van der Waals surface area contributed by atoms with Crippen LogP contribution in [0.25, 0.3) is 0 Å². The molecule has 0 aromatic heterocycles. The summed E-state index contributed by atoms with van der Waals surface area (Å²) < 4.78 is 13.7. The van der Waals surface area contributed by atoms with Crippen LogP contribution in [0, 0.1) is 5.82 Å². The van der Waals surface area contributed by atoms with Crippen LogP contribution < -0.4 is 0 Å². The van der Waals surface area contributed by atoms with Crippen molar-refractivity contribution in [1.82, 2.24) is 0 Å². The van der Waals surface area contributed by atoms with E-state index in [1.165, 1.54) is 12.1 Å². The second-order valence-corrected chi connectivity index (χ2v) is 4.11. The van der Waals surface area contributed by atoms with Crippen LogP contribution >= 0.6 is 43.5 Å². The van der Waals surface area contributed by atoms with Gasteiger partial charge in [-0.25, -0.2) is 9.18 Å². The molecule has 0 N–H and O–H groups in total. The van der Waals surface area contributed by atoms with Gasteiger partial charge < -0.3 is 0 Å². The fraction of sp³-hybridized carbons (Fsp3) is 0. The summed E-state index contributed by atoms with van der Waals surface area (Å²) in [5.74, 6) is -0.654. The van der Waals surface area contributed by atoms with Crippen LogP contribution in [0.3, 0.4) is 0 Å². The first-order valence-electron chi connectivity index (χ1n) is 2.98. The maximum atomic E-state index is 13.1. The summed E-state index contributed by atoms with van der Waals surface area (Å²) in [5, 5.41) is -0.218. The van der Waals surface area contributed by atoms with E-state index in [1.807, 2.05) is 0 Å². The van der Waals surface area contributed by atoms with Crippen molar-refractivity contribution < 1.29 is 9.18 Å². The van der Waals surface area contributed by atoms with E-state index in [9.17, 15) is 9.18 Å². The highest BCUT2D eigenvalue weighted by molar-refractivity contribution is 9.11. The lowest BCUT2D eigenvalue weighted by Crippen LogP contribution is -1.82. The summed E-state index contributed by atoms with van der Waals surface area (Å²) in [6.07, 6.45) is 1.29. The van der Waals surface area contributed by atoms with Crippen molar-refractivity contribution in [1.29, 1.82) is 0 Å². The van der Waals surface area contributed by atoms with Crippen molar-refractivity contribution in [2.75, 3.05) is 0 Å². The summed E-state index contributed by atoms with van der Waals surface area (Å²) >= 11 is 11.6. The Morgan fingerprint density at radius 2 is 2.08 bits per heavy atom. The van der Waals surface area contributed by atoms with Gasteiger partial charge >= 0.3 is 0 Å². The lowest BCUT2D eigenvalue weighted by molar-refractivity contribution is 0.565. The summed E-state index contributed by atoms with van der Waals surface area (Å²) in [5.41, 5.74) is 0.0392. The normalized spacial score (nSPS) is 9.54. The molecule has 13 heavy (non-hydrogen) atoms. The number of hydrogen-bond donors (Lipinski definition) is 0. The Bertz CT molecular complexity index is 404. The van der Waals surface area contributed by atoms with Crippen LogP contribution in [0.4, 0.5) is 10.1 Å². The van der Waals surface area contributed by atoms with Crippen LogP contribution in [0.2, 0.25) is 5.02 Å². The molecular formula is C7HBr2ClFNO. The molecule has 2 nitrogen and oxygen atoms in total. The molecule has 0 aliphatic rings. The number of hydrogen-bond acceptors (Lipinski definition) is 2. The zero-order valence-electron chi connectivity index (χ0n) is 5.94. The molecule has 0 aliphatic carbocycles. The molecule has 0 spiro atoms. The predicted molar refractivity (Wildman–Crippen MR) is 54.6 cm³/mol. The quantitative estimate of drug-likeness (QED) is 0.332. The van der Waals surface area contributed by atoms with Gasteiger partial charge in [-0.15, -0.1) is 0 Å². The number of halogens is 4. The van der Waals surface area contributed by atoms with Gasteiger partial charge in [-0.1, -0.05) is 11.6 Å². The fourth-order valence-corrected chi connectivity index (χ4v) is 2.43. The average Bonchev–Trinajstić information content (AvgIpc) is 2.09. The molecule has 1 aromatic carbocycles. The fourth-order valence-electron chi connectivity index (χ4n) is 0.705. The minimum absolute atomic E-state index is 0.0392. The number of aliphatic imine (C=N–C) groups is 1. The average molecular weight is 329 g/mol. The number of carbonyl (C=O) groups excluding carboxylic acids is 1. The number of isocyanates is 1. The molecule has 68 valence electrons. The van der Waals surface area contributed by atoms with Gasteiger partial charge in [0, 0.05) is 4.47 Å². The Hall–Kier alpha value is -0.220. The lowest BCUT2D eigenvalue weighted by atomic mass is 10.3. The number of benzene rings is 1. The zero-order chi connectivity index (χ0) is 10.0. The van der Waals surface area contributed by atoms with Crippen molar-refractivity contribution >= 4 is 55.2 Å². The van der Waals surface area contributed by atoms with Crippen molar-refractivity contribution in [3.05, 3.63) is 25.9 Å². The largest absolute Gasteiger partial charge is 0.240 e. The molecule has 1 rings (SSSR count). The number of rotatable bonds is 1. The molecule has 1 aromatic rings. The molecule has 0 heterocycles. The van der Waals surface area contributed by atoms with Gasteiger partial charge in [-0.3, -0.25) is 0 Å². The smallest absolute Gasteiger partial charge is 0.211 e. The molecule has 0 bridgehead atoms. The highest BCUT2D eigenvalue weighted by Crippen LogP contribution is 2.38. The van der Waals surface area contributed by atoms with Crippen LogP contribution in [0.1, 0.15) is 0 Å². The SMILES string of the molecule is O=C=Nc1c(Br)cc(Br)c(F)c1Cl. The van der Waals surface area contributed by atoms with Gasteiger partial charge in [-0.05, 0) is 37.9 Å². The molecule has 6 heteroatoms. The van der Waals surface area contributed by atoms with Gasteiger partial charge in [0.25, 0.3) is 0 Å². The third kappa shape index (κ3) is 2.17. The minimum atomic E-state index is -0.654. The minimum Gasteiger partial charge on any atom is -0.211 e. The van der Waals surface area contributed by atoms with Gasteiger partial charge in [0.05, 0.1) is 4.47 Å². The third-order valence-electron chi connectivity index (χ3n) is 1.25. The summed E-state index contributed by atoms with van der Waals surface area (Å²) in [4.78, 5) is 13.2. The first-order chi connectivity index (χ1) is 6.07. The Balaban J connectivity index is 3.52. The molecule has 0 saturated heterocycles. The van der Waals surface area contributed by atoms with Crippen molar-refractivity contribution in [2.24, 2.45) is 4.99 Å². The first-order valence-corrected chi connectivity index (χ1v) is 4.95. The monoisotopic (exact) mass is 327 g/mol. The van der Waals surface area contributed by atoms with E-state index < -0.39 is 5.82 Å². The third-order valence-corrected chi connectivity index (χ3v) is 2.77. The van der Waals surface area contributed by atoms with Gasteiger partial charge in [0.1, 0.15) is 10.7 Å². The summed E-state index contributed by atoms with van der Waals surface area (Å²) in [7, 11) is 0. The highest BCUT2D eigenvalue weighted by atomic mass is 79.9. The maximum absolute atomic E-state index is 13.1. The number of nitrogens with zero attached hydrogens (tertiary/aromatic N) is 1. The second-order valence-electron chi connectivity index (χ2n) is 2.02. The molecule has 0 aliphatic heterocycles. The highest BCUT2D eigenvalue weighted by Gasteiger charge is 2.13. The Labute approximate surface area is 95.1 Å². The van der Waals surface area contributed by atoms with Gasteiger partial charge in [-0.2, -0.15) is 4.99 Å². The van der Waals surface area contributed by atoms with E-state index in [1.54, 1.807) is 0 Å². The zero-order valence-corrected chi connectivity index (χ0v) is 9.87. The molecule has 0 radical (unpaired) electrons. The molecule has 0 amide bonds. The molecular weight excluding hydrogens is 328 g/mol. The van der Waals surface area contributed by atoms with E-state index in [4.69, 9.17) is 11.6 Å². The van der Waals surface area contributed by atoms with E-state index >= 15 is 0 Å². The van der Waals surface area contributed by atoms with E-state index in [0.29, 0.717) is 4.47 Å². The molecule has 0 fully saturated rings. The van der Waals surface area contributed by atoms with E-state index in [2.05, 4.69) is 36.9 Å². The summed E-state index contributed by atoms with van der Waals surface area (Å²) in [6, 6.07) is 1.41. The van der Waals surface area contributed by atoms with Crippen LogP contribution in [0.5, 0.6) is 0 Å². The molecule has 0 saturated carbocycles. The van der Waals surface area contributed by atoms with E-state index in [0.717, 1.165) is 0 Å². The van der Waals surface area contributed by atoms with Crippen molar-refractivity contribution in [3.63, 3.8) is 0 Å². The van der Waals surface area contributed by atoms with Crippen LogP contribution in [0.15, 0.2) is 20.0 Å². The van der Waals surface area contributed by atoms with Crippen molar-refractivity contribution in [2.45, 2.75) is 0 Å². The standard InChI is InChI=1S/C7HBr2ClFNO/c8-3-1-4(9)7(12-2-13)5(10)6(3)11/h1H. The molecule has 0 atom stereocenters. The Morgan fingerprint density at radius 3 is 2.62 bits per heavy atom.